The molecule has 126 valence electrons. The van der Waals surface area contributed by atoms with E-state index in [4.69, 9.17) is 4.74 Å². The first-order valence-corrected chi connectivity index (χ1v) is 9.17. The van der Waals surface area contributed by atoms with Gasteiger partial charge in [-0.25, -0.2) is 0 Å². The van der Waals surface area contributed by atoms with Crippen LogP contribution in [0.15, 0.2) is 53.9 Å². The van der Waals surface area contributed by atoms with Crippen molar-refractivity contribution in [1.29, 1.82) is 0 Å². The van der Waals surface area contributed by atoms with Crippen molar-refractivity contribution in [3.05, 3.63) is 64.4 Å². The third-order valence-electron chi connectivity index (χ3n) is 4.15. The quantitative estimate of drug-likeness (QED) is 0.782. The minimum Gasteiger partial charge on any atom is -0.370 e. The van der Waals surface area contributed by atoms with Gasteiger partial charge in [-0.2, -0.15) is 0 Å². The van der Waals surface area contributed by atoms with Crippen LogP contribution in [0, 0.1) is 0 Å². The Kier molecular flexibility index (Phi) is 6.18. The first kappa shape index (κ1) is 16.9. The van der Waals surface area contributed by atoms with Gasteiger partial charge in [-0.3, -0.25) is 4.79 Å². The Morgan fingerprint density at radius 3 is 2.71 bits per heavy atom. The average Bonchev–Trinajstić information content (AvgIpc) is 3.15. The molecular formula is C19H23N2O2S+. The summed E-state index contributed by atoms with van der Waals surface area (Å²) in [4.78, 5) is 14.9. The number of nitrogens with one attached hydrogen (secondary N) is 2. The number of carbonyl (C=O) groups excluding carboxylic acids is 1. The van der Waals surface area contributed by atoms with Crippen molar-refractivity contribution in [2.75, 3.05) is 32.8 Å². The topological polar surface area (TPSA) is 42.8 Å². The van der Waals surface area contributed by atoms with Crippen LogP contribution >= 0.6 is 11.3 Å². The number of amides is 1. The van der Waals surface area contributed by atoms with Crippen molar-refractivity contribution in [2.45, 2.75) is 6.04 Å². The van der Waals surface area contributed by atoms with Gasteiger partial charge in [-0.05, 0) is 23.1 Å². The number of carbonyl (C=O) groups is 1. The lowest BCUT2D eigenvalue weighted by Gasteiger charge is -2.28. The highest BCUT2D eigenvalue weighted by Gasteiger charge is 2.22. The van der Waals surface area contributed by atoms with Gasteiger partial charge < -0.3 is 15.0 Å². The smallest absolute Gasteiger partial charge is 0.244 e. The van der Waals surface area contributed by atoms with Gasteiger partial charge in [0.25, 0.3) is 0 Å². The van der Waals surface area contributed by atoms with Crippen molar-refractivity contribution in [1.82, 2.24) is 5.32 Å². The molecule has 4 nitrogen and oxygen atoms in total. The molecule has 0 saturated carbocycles. The van der Waals surface area contributed by atoms with E-state index in [0.717, 1.165) is 43.3 Å². The second kappa shape index (κ2) is 8.78. The molecule has 0 radical (unpaired) electrons. The molecule has 1 atom stereocenters. The van der Waals surface area contributed by atoms with Crippen molar-refractivity contribution < 1.29 is 14.4 Å². The molecule has 2 aromatic rings. The average molecular weight is 343 g/mol. The molecule has 0 aliphatic carbocycles. The largest absolute Gasteiger partial charge is 0.370 e. The van der Waals surface area contributed by atoms with E-state index < -0.39 is 0 Å². The fourth-order valence-electron chi connectivity index (χ4n) is 2.85. The van der Waals surface area contributed by atoms with Crippen molar-refractivity contribution in [3.8, 4) is 0 Å². The van der Waals surface area contributed by atoms with E-state index in [0.29, 0.717) is 0 Å². The van der Waals surface area contributed by atoms with E-state index in [1.165, 1.54) is 4.90 Å². The summed E-state index contributed by atoms with van der Waals surface area (Å²) in [5.41, 5.74) is 1.15. The molecule has 2 N–H and O–H groups in total. The number of hydrogen-bond donors (Lipinski definition) is 2. The molecule has 1 saturated heterocycles. The van der Waals surface area contributed by atoms with Gasteiger partial charge in [-0.1, -0.05) is 36.4 Å². The third kappa shape index (κ3) is 5.03. The maximum Gasteiger partial charge on any atom is 0.244 e. The molecule has 1 fully saturated rings. The van der Waals surface area contributed by atoms with Crippen LogP contribution in [0.5, 0.6) is 0 Å². The molecule has 2 heterocycles. The van der Waals surface area contributed by atoms with Crippen molar-refractivity contribution >= 4 is 23.3 Å². The molecule has 1 amide bonds. The van der Waals surface area contributed by atoms with E-state index in [-0.39, 0.29) is 11.9 Å². The van der Waals surface area contributed by atoms with Gasteiger partial charge >= 0.3 is 0 Å². The van der Waals surface area contributed by atoms with Crippen LogP contribution in [0.3, 0.4) is 0 Å². The highest BCUT2D eigenvalue weighted by atomic mass is 32.1. The molecule has 1 aliphatic heterocycles. The minimum atomic E-state index is -0.0510. The van der Waals surface area contributed by atoms with Gasteiger partial charge in [0.2, 0.25) is 5.91 Å². The summed E-state index contributed by atoms with van der Waals surface area (Å²) >= 11 is 1.62. The van der Waals surface area contributed by atoms with Crippen molar-refractivity contribution in [2.24, 2.45) is 0 Å². The van der Waals surface area contributed by atoms with E-state index in [1.54, 1.807) is 17.4 Å². The lowest BCUT2D eigenvalue weighted by molar-refractivity contribution is -0.909. The number of rotatable bonds is 6. The van der Waals surface area contributed by atoms with Crippen LogP contribution in [0.1, 0.15) is 16.5 Å². The Labute approximate surface area is 146 Å². The maximum atomic E-state index is 12.3. The van der Waals surface area contributed by atoms with Crippen LogP contribution in [0.25, 0.3) is 6.08 Å². The zero-order valence-electron chi connectivity index (χ0n) is 13.6. The van der Waals surface area contributed by atoms with Crippen LogP contribution in [0.4, 0.5) is 0 Å². The summed E-state index contributed by atoms with van der Waals surface area (Å²) in [5, 5.41) is 5.17. The SMILES string of the molecule is O=C(/C=C/c1cccs1)N[C@H](C[NH+]1CCOCC1)c1ccccc1. The predicted octanol–water partition coefficient (Wildman–Crippen LogP) is 1.53. The molecule has 3 rings (SSSR count). The normalized spacial score (nSPS) is 17.0. The van der Waals surface area contributed by atoms with E-state index in [2.05, 4.69) is 17.4 Å². The number of thiophene rings is 1. The Bertz CT molecular complexity index is 649. The second-order valence-electron chi connectivity index (χ2n) is 5.89. The maximum absolute atomic E-state index is 12.3. The lowest BCUT2D eigenvalue weighted by Crippen LogP contribution is -3.14. The van der Waals surface area contributed by atoms with Crippen LogP contribution in [-0.2, 0) is 9.53 Å². The van der Waals surface area contributed by atoms with Crippen LogP contribution < -0.4 is 10.2 Å². The summed E-state index contributed by atoms with van der Waals surface area (Å²) < 4.78 is 5.43. The van der Waals surface area contributed by atoms with E-state index in [1.807, 2.05) is 41.8 Å². The standard InChI is InChI=1S/C19H22N2O2S/c22-19(9-8-17-7-4-14-24-17)20-18(16-5-2-1-3-6-16)15-21-10-12-23-13-11-21/h1-9,14,18H,10-13,15H2,(H,20,22)/p+1/b9-8+/t18-/m1/s1. The fraction of sp³-hybridized carbons (Fsp3) is 0.316. The molecule has 1 aliphatic rings. The van der Waals surface area contributed by atoms with Gasteiger partial charge in [0.1, 0.15) is 25.7 Å². The van der Waals surface area contributed by atoms with E-state index in [9.17, 15) is 4.79 Å². The zero-order valence-corrected chi connectivity index (χ0v) is 14.4. The molecular weight excluding hydrogens is 320 g/mol. The second-order valence-corrected chi connectivity index (χ2v) is 6.87. The molecule has 5 heteroatoms. The minimum absolute atomic E-state index is 0.0137. The summed E-state index contributed by atoms with van der Waals surface area (Å²) in [6.07, 6.45) is 3.49. The fourth-order valence-corrected chi connectivity index (χ4v) is 3.47. The Morgan fingerprint density at radius 1 is 1.21 bits per heavy atom. The Hall–Kier alpha value is -1.95. The number of hydrogen-bond acceptors (Lipinski definition) is 3. The van der Waals surface area contributed by atoms with Gasteiger partial charge in [0.15, 0.2) is 0 Å². The van der Waals surface area contributed by atoms with Gasteiger partial charge in [0, 0.05) is 11.0 Å². The number of ether oxygens (including phenoxy) is 1. The molecule has 1 aromatic heterocycles. The number of quaternary nitrogens is 1. The summed E-state index contributed by atoms with van der Waals surface area (Å²) in [7, 11) is 0. The van der Waals surface area contributed by atoms with Gasteiger partial charge in [-0.15, -0.1) is 11.3 Å². The van der Waals surface area contributed by atoms with Crippen LogP contribution in [0.2, 0.25) is 0 Å². The summed E-state index contributed by atoms with van der Waals surface area (Å²) in [5.74, 6) is -0.0510. The lowest BCUT2D eigenvalue weighted by atomic mass is 10.1. The van der Waals surface area contributed by atoms with E-state index >= 15 is 0 Å². The molecule has 1 aromatic carbocycles. The number of benzene rings is 1. The predicted molar refractivity (Wildman–Crippen MR) is 97.1 cm³/mol. The summed E-state index contributed by atoms with van der Waals surface area (Å²) in [6, 6.07) is 14.2. The Balaban J connectivity index is 1.66. The molecule has 0 unspecified atom stereocenters. The monoisotopic (exact) mass is 343 g/mol. The first-order valence-electron chi connectivity index (χ1n) is 8.29. The van der Waals surface area contributed by atoms with Crippen molar-refractivity contribution in [3.63, 3.8) is 0 Å². The molecule has 0 spiro atoms. The zero-order chi connectivity index (χ0) is 16.6. The Morgan fingerprint density at radius 2 is 2.00 bits per heavy atom. The summed E-state index contributed by atoms with van der Waals surface area (Å²) in [6.45, 7) is 4.45. The highest BCUT2D eigenvalue weighted by molar-refractivity contribution is 7.10. The highest BCUT2D eigenvalue weighted by Crippen LogP contribution is 2.12. The number of morpholine rings is 1. The third-order valence-corrected chi connectivity index (χ3v) is 4.99. The van der Waals surface area contributed by atoms with Crippen LogP contribution in [-0.4, -0.2) is 38.8 Å². The molecule has 0 bridgehead atoms. The first-order chi connectivity index (χ1) is 11.8. The van der Waals surface area contributed by atoms with Gasteiger partial charge in [0.05, 0.1) is 13.2 Å². The molecule has 24 heavy (non-hydrogen) atoms.